The Hall–Kier alpha value is -0.640. The molecule has 0 aromatic heterocycles. The number of hydrogen-bond acceptors (Lipinski definition) is 2. The zero-order valence-electron chi connectivity index (χ0n) is 9.41. The van der Waals surface area contributed by atoms with E-state index in [2.05, 4.69) is 0 Å². The Balaban J connectivity index is 2.69. The minimum atomic E-state index is -0.584. The molecular weight excluding hydrogens is 231 g/mol. The molecule has 2 atom stereocenters. The van der Waals surface area contributed by atoms with Gasteiger partial charge in [-0.1, -0.05) is 30.7 Å². The van der Waals surface area contributed by atoms with Gasteiger partial charge in [0.15, 0.2) is 0 Å². The summed E-state index contributed by atoms with van der Waals surface area (Å²) in [6.45, 7) is 2.34. The Bertz CT molecular complexity index is 344. The van der Waals surface area contributed by atoms with Crippen LogP contribution in [0.2, 0.25) is 5.02 Å². The van der Waals surface area contributed by atoms with Gasteiger partial charge in [0.25, 0.3) is 0 Å². The van der Waals surface area contributed by atoms with Gasteiger partial charge in [-0.15, -0.1) is 0 Å². The van der Waals surface area contributed by atoms with Crippen molar-refractivity contribution in [3.05, 3.63) is 34.6 Å². The Labute approximate surface area is 100.0 Å². The number of aliphatic hydroxyl groups excluding tert-OH is 1. The second-order valence-electron chi connectivity index (χ2n) is 3.92. The summed E-state index contributed by atoms with van der Waals surface area (Å²) in [6.07, 6.45) is -0.250. The van der Waals surface area contributed by atoms with Crippen molar-refractivity contribution in [3.63, 3.8) is 0 Å². The van der Waals surface area contributed by atoms with E-state index in [9.17, 15) is 9.50 Å². The highest BCUT2D eigenvalue weighted by Crippen LogP contribution is 2.22. The van der Waals surface area contributed by atoms with Crippen LogP contribution in [0.25, 0.3) is 0 Å². The van der Waals surface area contributed by atoms with Gasteiger partial charge in [-0.25, -0.2) is 4.39 Å². The van der Waals surface area contributed by atoms with Gasteiger partial charge < -0.3 is 9.84 Å². The first-order chi connectivity index (χ1) is 7.56. The van der Waals surface area contributed by atoms with Crippen LogP contribution >= 0.6 is 11.6 Å². The van der Waals surface area contributed by atoms with Gasteiger partial charge >= 0.3 is 0 Å². The lowest BCUT2D eigenvalue weighted by atomic mass is 9.98. The van der Waals surface area contributed by atoms with Crippen molar-refractivity contribution in [1.29, 1.82) is 0 Å². The topological polar surface area (TPSA) is 29.5 Å². The first-order valence-corrected chi connectivity index (χ1v) is 5.54. The molecule has 0 bridgehead atoms. The molecule has 1 N–H and O–H groups in total. The molecule has 0 spiro atoms. The Kier molecular flexibility index (Phi) is 5.19. The van der Waals surface area contributed by atoms with Crippen LogP contribution in [0.4, 0.5) is 4.39 Å². The van der Waals surface area contributed by atoms with Crippen LogP contribution in [0.1, 0.15) is 12.5 Å². The number of aliphatic hydroxyl groups is 1. The lowest BCUT2D eigenvalue weighted by Gasteiger charge is -2.18. The first-order valence-electron chi connectivity index (χ1n) is 5.16. The Morgan fingerprint density at radius 2 is 2.19 bits per heavy atom. The van der Waals surface area contributed by atoms with Crippen LogP contribution < -0.4 is 0 Å². The summed E-state index contributed by atoms with van der Waals surface area (Å²) < 4.78 is 18.1. The predicted octanol–water partition coefficient (Wildman–Crippen LogP) is 2.67. The Morgan fingerprint density at radius 1 is 1.50 bits per heavy atom. The van der Waals surface area contributed by atoms with Gasteiger partial charge in [-0.2, -0.15) is 0 Å². The van der Waals surface area contributed by atoms with Crippen LogP contribution in [0.3, 0.4) is 0 Å². The van der Waals surface area contributed by atoms with Crippen molar-refractivity contribution in [2.45, 2.75) is 19.4 Å². The number of methoxy groups -OCH3 is 1. The molecular formula is C12H16ClFO2. The molecule has 0 aliphatic heterocycles. The van der Waals surface area contributed by atoms with Gasteiger partial charge in [-0.05, 0) is 11.6 Å². The molecule has 1 aromatic carbocycles. The van der Waals surface area contributed by atoms with E-state index in [4.69, 9.17) is 16.3 Å². The van der Waals surface area contributed by atoms with E-state index in [1.165, 1.54) is 6.07 Å². The maximum Gasteiger partial charge on any atom is 0.142 e. The van der Waals surface area contributed by atoms with Crippen LogP contribution in [0.5, 0.6) is 0 Å². The van der Waals surface area contributed by atoms with Crippen molar-refractivity contribution in [2.24, 2.45) is 5.92 Å². The standard InChI is InChI=1S/C12H16ClFO2/c1-8(7-16-2)11(15)6-9-4-3-5-10(14)12(9)13/h3-5,8,11,15H,6-7H2,1-2H3. The van der Waals surface area contributed by atoms with Crippen molar-refractivity contribution >= 4 is 11.6 Å². The van der Waals surface area contributed by atoms with Gasteiger partial charge in [0.05, 0.1) is 17.7 Å². The average Bonchev–Trinajstić information content (AvgIpc) is 2.25. The maximum atomic E-state index is 13.1. The van der Waals surface area contributed by atoms with Gasteiger partial charge in [0.1, 0.15) is 5.82 Å². The van der Waals surface area contributed by atoms with E-state index >= 15 is 0 Å². The lowest BCUT2D eigenvalue weighted by Crippen LogP contribution is -2.24. The molecule has 4 heteroatoms. The largest absolute Gasteiger partial charge is 0.392 e. The van der Waals surface area contributed by atoms with Gasteiger partial charge in [-0.3, -0.25) is 0 Å². The number of rotatable bonds is 5. The number of ether oxygens (including phenoxy) is 1. The van der Waals surface area contributed by atoms with Crippen molar-refractivity contribution in [1.82, 2.24) is 0 Å². The van der Waals surface area contributed by atoms with E-state index in [-0.39, 0.29) is 10.9 Å². The summed E-state index contributed by atoms with van der Waals surface area (Å²) in [7, 11) is 1.58. The molecule has 0 fully saturated rings. The third-order valence-corrected chi connectivity index (χ3v) is 2.97. The summed E-state index contributed by atoms with van der Waals surface area (Å²) >= 11 is 5.80. The van der Waals surface area contributed by atoms with E-state index in [0.29, 0.717) is 18.6 Å². The lowest BCUT2D eigenvalue weighted by molar-refractivity contribution is 0.0574. The minimum Gasteiger partial charge on any atom is -0.392 e. The summed E-state index contributed by atoms with van der Waals surface area (Å²) in [6, 6.07) is 4.61. The number of benzene rings is 1. The highest BCUT2D eigenvalue weighted by molar-refractivity contribution is 6.31. The van der Waals surface area contributed by atoms with E-state index in [1.807, 2.05) is 6.92 Å². The molecule has 2 nitrogen and oxygen atoms in total. The molecule has 2 unspecified atom stereocenters. The zero-order chi connectivity index (χ0) is 12.1. The summed E-state index contributed by atoms with van der Waals surface area (Å²) in [5.41, 5.74) is 0.622. The van der Waals surface area contributed by atoms with Crippen LogP contribution in [-0.4, -0.2) is 24.9 Å². The normalized spacial score (nSPS) is 14.8. The fourth-order valence-corrected chi connectivity index (χ4v) is 1.71. The van der Waals surface area contributed by atoms with Crippen molar-refractivity contribution < 1.29 is 14.2 Å². The molecule has 0 radical (unpaired) electrons. The monoisotopic (exact) mass is 246 g/mol. The number of hydrogen-bond donors (Lipinski definition) is 1. The second kappa shape index (κ2) is 6.18. The maximum absolute atomic E-state index is 13.1. The van der Waals surface area contributed by atoms with Crippen LogP contribution in [-0.2, 0) is 11.2 Å². The van der Waals surface area contributed by atoms with Crippen molar-refractivity contribution in [2.75, 3.05) is 13.7 Å². The molecule has 90 valence electrons. The number of halogens is 2. The predicted molar refractivity (Wildman–Crippen MR) is 62.2 cm³/mol. The Morgan fingerprint density at radius 3 is 2.81 bits per heavy atom. The smallest absolute Gasteiger partial charge is 0.142 e. The molecule has 0 saturated heterocycles. The summed E-state index contributed by atoms with van der Waals surface area (Å²) in [4.78, 5) is 0. The minimum absolute atomic E-state index is 0.00988. The molecule has 16 heavy (non-hydrogen) atoms. The molecule has 0 heterocycles. The van der Waals surface area contributed by atoms with E-state index in [0.717, 1.165) is 0 Å². The summed E-state index contributed by atoms with van der Waals surface area (Å²) in [5, 5.41) is 9.95. The molecule has 1 rings (SSSR count). The first kappa shape index (κ1) is 13.4. The average molecular weight is 247 g/mol. The molecule has 0 aliphatic carbocycles. The molecule has 0 aliphatic rings. The van der Waals surface area contributed by atoms with Gasteiger partial charge in [0, 0.05) is 19.4 Å². The highest BCUT2D eigenvalue weighted by atomic mass is 35.5. The van der Waals surface area contributed by atoms with Crippen LogP contribution in [0.15, 0.2) is 18.2 Å². The fraction of sp³-hybridized carbons (Fsp3) is 0.500. The van der Waals surface area contributed by atoms with Crippen molar-refractivity contribution in [3.8, 4) is 0 Å². The fourth-order valence-electron chi connectivity index (χ4n) is 1.51. The summed E-state index contributed by atoms with van der Waals surface area (Å²) in [5.74, 6) is -0.463. The highest BCUT2D eigenvalue weighted by Gasteiger charge is 2.17. The zero-order valence-corrected chi connectivity index (χ0v) is 10.2. The second-order valence-corrected chi connectivity index (χ2v) is 4.30. The van der Waals surface area contributed by atoms with Crippen LogP contribution in [0, 0.1) is 11.7 Å². The molecule has 0 amide bonds. The van der Waals surface area contributed by atoms with Gasteiger partial charge in [0.2, 0.25) is 0 Å². The third-order valence-electron chi connectivity index (χ3n) is 2.55. The third kappa shape index (κ3) is 3.44. The molecule has 1 aromatic rings. The quantitative estimate of drug-likeness (QED) is 0.866. The molecule has 0 saturated carbocycles. The SMILES string of the molecule is COCC(C)C(O)Cc1cccc(F)c1Cl. The van der Waals surface area contributed by atoms with E-state index < -0.39 is 11.9 Å². The van der Waals surface area contributed by atoms with E-state index in [1.54, 1.807) is 19.2 Å².